The first-order chi connectivity index (χ1) is 14.1. The van der Waals surface area contributed by atoms with Gasteiger partial charge in [0.05, 0.1) is 10.9 Å². The highest BCUT2D eigenvalue weighted by Crippen LogP contribution is 2.24. The molecule has 0 aliphatic carbocycles. The molecule has 7 nitrogen and oxygen atoms in total. The van der Waals surface area contributed by atoms with E-state index in [4.69, 9.17) is 0 Å². The SMILES string of the molecule is CNC(=O)C1Cc2ccccc2CN1C(=O)CCc1nc2ccccc2c(=O)[nH]1. The van der Waals surface area contributed by atoms with Crippen molar-refractivity contribution in [2.24, 2.45) is 0 Å². The Morgan fingerprint density at radius 2 is 1.86 bits per heavy atom. The van der Waals surface area contributed by atoms with Gasteiger partial charge in [0.25, 0.3) is 5.56 Å². The monoisotopic (exact) mass is 390 g/mol. The number of aromatic amines is 1. The molecule has 29 heavy (non-hydrogen) atoms. The molecule has 0 saturated heterocycles. The number of aromatic nitrogens is 2. The van der Waals surface area contributed by atoms with Gasteiger partial charge in [0.1, 0.15) is 11.9 Å². The van der Waals surface area contributed by atoms with E-state index in [9.17, 15) is 14.4 Å². The van der Waals surface area contributed by atoms with Gasteiger partial charge in [-0.2, -0.15) is 0 Å². The van der Waals surface area contributed by atoms with Gasteiger partial charge < -0.3 is 15.2 Å². The third kappa shape index (κ3) is 3.76. The Balaban J connectivity index is 1.54. The first-order valence-electron chi connectivity index (χ1n) is 9.62. The highest BCUT2D eigenvalue weighted by Gasteiger charge is 2.33. The van der Waals surface area contributed by atoms with E-state index in [0.717, 1.165) is 11.1 Å². The number of amides is 2. The normalized spacial score (nSPS) is 15.8. The summed E-state index contributed by atoms with van der Waals surface area (Å²) in [4.78, 5) is 46.4. The van der Waals surface area contributed by atoms with Gasteiger partial charge in [-0.05, 0) is 23.3 Å². The van der Waals surface area contributed by atoms with Crippen molar-refractivity contribution < 1.29 is 9.59 Å². The fourth-order valence-electron chi connectivity index (χ4n) is 3.81. The predicted octanol–water partition coefficient (Wildman–Crippen LogP) is 1.56. The number of fused-ring (bicyclic) bond motifs is 2. The molecule has 7 heteroatoms. The molecule has 0 saturated carbocycles. The highest BCUT2D eigenvalue weighted by molar-refractivity contribution is 5.88. The van der Waals surface area contributed by atoms with Crippen LogP contribution in [0.3, 0.4) is 0 Å². The van der Waals surface area contributed by atoms with Crippen LogP contribution in [-0.4, -0.2) is 39.8 Å². The van der Waals surface area contributed by atoms with E-state index in [1.165, 1.54) is 0 Å². The molecule has 148 valence electrons. The molecule has 1 aliphatic rings. The maximum absolute atomic E-state index is 13.0. The minimum absolute atomic E-state index is 0.135. The van der Waals surface area contributed by atoms with E-state index in [1.807, 2.05) is 30.3 Å². The summed E-state index contributed by atoms with van der Waals surface area (Å²) in [7, 11) is 1.58. The van der Waals surface area contributed by atoms with Crippen LogP contribution in [0.25, 0.3) is 10.9 Å². The number of hydrogen-bond donors (Lipinski definition) is 2. The summed E-state index contributed by atoms with van der Waals surface area (Å²) in [6.45, 7) is 0.398. The van der Waals surface area contributed by atoms with E-state index in [-0.39, 0.29) is 23.8 Å². The Morgan fingerprint density at radius 1 is 1.14 bits per heavy atom. The third-order valence-corrected chi connectivity index (χ3v) is 5.36. The lowest BCUT2D eigenvalue weighted by molar-refractivity contribution is -0.141. The molecular formula is C22H22N4O3. The summed E-state index contributed by atoms with van der Waals surface area (Å²) in [5.74, 6) is 0.157. The number of likely N-dealkylation sites (N-methyl/N-ethyl adjacent to an activating group) is 1. The number of aryl methyl sites for hydroxylation is 1. The Hall–Kier alpha value is -3.48. The predicted molar refractivity (Wildman–Crippen MR) is 109 cm³/mol. The second-order valence-corrected chi connectivity index (χ2v) is 7.15. The molecular weight excluding hydrogens is 368 g/mol. The zero-order chi connectivity index (χ0) is 20.4. The largest absolute Gasteiger partial charge is 0.357 e. The van der Waals surface area contributed by atoms with E-state index >= 15 is 0 Å². The lowest BCUT2D eigenvalue weighted by atomic mass is 9.93. The average molecular weight is 390 g/mol. The lowest BCUT2D eigenvalue weighted by Crippen LogP contribution is -2.52. The van der Waals surface area contributed by atoms with Crippen LogP contribution in [0.2, 0.25) is 0 Å². The number of hydrogen-bond acceptors (Lipinski definition) is 4. The van der Waals surface area contributed by atoms with Gasteiger partial charge in [0.15, 0.2) is 0 Å². The van der Waals surface area contributed by atoms with E-state index in [0.29, 0.717) is 36.1 Å². The van der Waals surface area contributed by atoms with E-state index < -0.39 is 6.04 Å². The van der Waals surface area contributed by atoms with Gasteiger partial charge in [-0.25, -0.2) is 4.98 Å². The molecule has 3 aromatic rings. The number of para-hydroxylation sites is 1. The summed E-state index contributed by atoms with van der Waals surface area (Å²) in [5.41, 5.74) is 2.53. The van der Waals surface area contributed by atoms with Crippen molar-refractivity contribution in [1.29, 1.82) is 0 Å². The minimum atomic E-state index is -0.536. The first kappa shape index (κ1) is 18.9. The number of benzene rings is 2. The number of nitrogens with zero attached hydrogens (tertiary/aromatic N) is 2. The molecule has 1 unspecified atom stereocenters. The Bertz CT molecular complexity index is 1140. The second-order valence-electron chi connectivity index (χ2n) is 7.15. The fraction of sp³-hybridized carbons (Fsp3) is 0.273. The molecule has 2 N–H and O–H groups in total. The van der Waals surface area contributed by atoms with Gasteiger partial charge in [0, 0.05) is 32.9 Å². The summed E-state index contributed by atoms with van der Waals surface area (Å²) >= 11 is 0. The van der Waals surface area contributed by atoms with Gasteiger partial charge >= 0.3 is 0 Å². The molecule has 0 fully saturated rings. The summed E-state index contributed by atoms with van der Waals surface area (Å²) < 4.78 is 0. The van der Waals surface area contributed by atoms with E-state index in [1.54, 1.807) is 30.1 Å². The number of carbonyl (C=O) groups is 2. The quantitative estimate of drug-likeness (QED) is 0.707. The number of carbonyl (C=O) groups excluding carboxylic acids is 2. The van der Waals surface area contributed by atoms with Gasteiger partial charge in [0.2, 0.25) is 11.8 Å². The average Bonchev–Trinajstić information content (AvgIpc) is 2.76. The van der Waals surface area contributed by atoms with Crippen LogP contribution in [0.5, 0.6) is 0 Å². The van der Waals surface area contributed by atoms with Crippen LogP contribution in [-0.2, 0) is 29.0 Å². The number of H-pyrrole nitrogens is 1. The molecule has 1 atom stereocenters. The van der Waals surface area contributed by atoms with Gasteiger partial charge in [-0.3, -0.25) is 14.4 Å². The maximum Gasteiger partial charge on any atom is 0.258 e. The Labute approximate surface area is 167 Å². The van der Waals surface area contributed by atoms with Crippen LogP contribution in [0.1, 0.15) is 23.4 Å². The van der Waals surface area contributed by atoms with Crippen molar-refractivity contribution in [3.8, 4) is 0 Å². The molecule has 2 heterocycles. The van der Waals surface area contributed by atoms with Crippen molar-refractivity contribution in [2.45, 2.75) is 31.8 Å². The molecule has 0 radical (unpaired) electrons. The molecule has 0 bridgehead atoms. The maximum atomic E-state index is 13.0. The van der Waals surface area contributed by atoms with Crippen LogP contribution < -0.4 is 10.9 Å². The topological polar surface area (TPSA) is 95.2 Å². The molecule has 1 aromatic heterocycles. The Morgan fingerprint density at radius 3 is 2.66 bits per heavy atom. The Kier molecular flexibility index (Phi) is 5.12. The lowest BCUT2D eigenvalue weighted by Gasteiger charge is -2.35. The minimum Gasteiger partial charge on any atom is -0.357 e. The fourth-order valence-corrected chi connectivity index (χ4v) is 3.81. The number of rotatable bonds is 4. The van der Waals surface area contributed by atoms with Crippen molar-refractivity contribution >= 4 is 22.7 Å². The summed E-state index contributed by atoms with van der Waals surface area (Å²) in [5, 5.41) is 3.18. The third-order valence-electron chi connectivity index (χ3n) is 5.36. The molecule has 2 aromatic carbocycles. The standard InChI is InChI=1S/C22H22N4O3/c1-23-22(29)18-12-14-6-2-3-7-15(14)13-26(18)20(27)11-10-19-24-17-9-5-4-8-16(17)21(28)25-19/h2-9,18H,10-13H2,1H3,(H,23,29)(H,24,25,28). The van der Waals surface area contributed by atoms with Crippen LogP contribution >= 0.6 is 0 Å². The van der Waals surface area contributed by atoms with Crippen LogP contribution in [0, 0.1) is 0 Å². The zero-order valence-corrected chi connectivity index (χ0v) is 16.1. The molecule has 1 aliphatic heterocycles. The van der Waals surface area contributed by atoms with Crippen molar-refractivity contribution in [2.75, 3.05) is 7.05 Å². The van der Waals surface area contributed by atoms with Crippen molar-refractivity contribution in [1.82, 2.24) is 20.2 Å². The molecule has 4 rings (SSSR count). The first-order valence-corrected chi connectivity index (χ1v) is 9.62. The molecule has 2 amide bonds. The van der Waals surface area contributed by atoms with Crippen LogP contribution in [0.4, 0.5) is 0 Å². The van der Waals surface area contributed by atoms with E-state index in [2.05, 4.69) is 15.3 Å². The summed E-state index contributed by atoms with van der Waals surface area (Å²) in [6.07, 6.45) is 0.959. The zero-order valence-electron chi connectivity index (χ0n) is 16.1. The van der Waals surface area contributed by atoms with Crippen molar-refractivity contribution in [3.05, 3.63) is 75.8 Å². The van der Waals surface area contributed by atoms with Crippen molar-refractivity contribution in [3.63, 3.8) is 0 Å². The molecule has 0 spiro atoms. The summed E-state index contributed by atoms with van der Waals surface area (Å²) in [6, 6.07) is 14.4. The van der Waals surface area contributed by atoms with Gasteiger partial charge in [-0.15, -0.1) is 0 Å². The smallest absolute Gasteiger partial charge is 0.258 e. The van der Waals surface area contributed by atoms with Gasteiger partial charge in [-0.1, -0.05) is 36.4 Å². The second kappa shape index (κ2) is 7.87. The highest BCUT2D eigenvalue weighted by atomic mass is 16.2. The van der Waals surface area contributed by atoms with Crippen LogP contribution in [0.15, 0.2) is 53.3 Å². The number of nitrogens with one attached hydrogen (secondary N) is 2.